The number of carbonyl (C=O) groups is 1. The molecule has 0 aliphatic carbocycles. The Morgan fingerprint density at radius 1 is 1.50 bits per heavy atom. The summed E-state index contributed by atoms with van der Waals surface area (Å²) in [7, 11) is -2.06. The van der Waals surface area contributed by atoms with E-state index in [4.69, 9.17) is 0 Å². The van der Waals surface area contributed by atoms with Crippen molar-refractivity contribution in [2.75, 3.05) is 31.0 Å². The third-order valence-electron chi connectivity index (χ3n) is 2.23. The lowest BCUT2D eigenvalue weighted by Gasteiger charge is -2.07. The SMILES string of the molecule is COC(=O)c1ccc([N+](=O)[O-])c(NCCS(C)(=O)=O)n1. The highest BCUT2D eigenvalue weighted by Crippen LogP contribution is 2.22. The van der Waals surface area contributed by atoms with E-state index in [0.717, 1.165) is 25.5 Å². The second-order valence-electron chi connectivity index (χ2n) is 3.87. The number of sulfone groups is 1. The van der Waals surface area contributed by atoms with E-state index in [2.05, 4.69) is 15.0 Å². The highest BCUT2D eigenvalue weighted by molar-refractivity contribution is 7.90. The summed E-state index contributed by atoms with van der Waals surface area (Å²) in [6, 6.07) is 2.26. The van der Waals surface area contributed by atoms with Gasteiger partial charge >= 0.3 is 11.7 Å². The lowest BCUT2D eigenvalue weighted by molar-refractivity contribution is -0.384. The number of hydrogen-bond acceptors (Lipinski definition) is 8. The molecule has 1 aromatic rings. The van der Waals surface area contributed by atoms with Crippen LogP contribution in [0.3, 0.4) is 0 Å². The predicted octanol–water partition coefficient (Wildman–Crippen LogP) is 0.233. The molecular formula is C10H13N3O6S. The van der Waals surface area contributed by atoms with Gasteiger partial charge in [-0.15, -0.1) is 0 Å². The van der Waals surface area contributed by atoms with E-state index >= 15 is 0 Å². The van der Waals surface area contributed by atoms with E-state index < -0.39 is 20.7 Å². The Labute approximate surface area is 115 Å². The van der Waals surface area contributed by atoms with Gasteiger partial charge in [0.25, 0.3) is 0 Å². The van der Waals surface area contributed by atoms with Gasteiger partial charge in [-0.25, -0.2) is 18.2 Å². The highest BCUT2D eigenvalue weighted by atomic mass is 32.2. The van der Waals surface area contributed by atoms with Gasteiger partial charge in [-0.1, -0.05) is 0 Å². The van der Waals surface area contributed by atoms with Gasteiger partial charge in [-0.3, -0.25) is 10.1 Å². The molecule has 0 saturated heterocycles. The van der Waals surface area contributed by atoms with E-state index in [1.807, 2.05) is 0 Å². The first-order chi connectivity index (χ1) is 9.24. The minimum absolute atomic E-state index is 0.0582. The highest BCUT2D eigenvalue weighted by Gasteiger charge is 2.19. The smallest absolute Gasteiger partial charge is 0.356 e. The quantitative estimate of drug-likeness (QED) is 0.449. The van der Waals surface area contributed by atoms with E-state index in [9.17, 15) is 23.3 Å². The number of nitrogens with one attached hydrogen (secondary N) is 1. The van der Waals surface area contributed by atoms with E-state index in [1.54, 1.807) is 0 Å². The zero-order valence-corrected chi connectivity index (χ0v) is 11.6. The van der Waals surface area contributed by atoms with Crippen LogP contribution in [-0.2, 0) is 14.6 Å². The second kappa shape index (κ2) is 6.28. The molecule has 1 N–H and O–H groups in total. The van der Waals surface area contributed by atoms with Crippen molar-refractivity contribution in [3.8, 4) is 0 Å². The fourth-order valence-electron chi connectivity index (χ4n) is 1.30. The number of methoxy groups -OCH3 is 1. The van der Waals surface area contributed by atoms with Crippen LogP contribution in [0.4, 0.5) is 11.5 Å². The van der Waals surface area contributed by atoms with Gasteiger partial charge in [0.05, 0.1) is 17.8 Å². The molecule has 0 amide bonds. The molecule has 110 valence electrons. The zero-order valence-electron chi connectivity index (χ0n) is 10.8. The average molecular weight is 303 g/mol. The molecule has 0 aliphatic rings. The van der Waals surface area contributed by atoms with Crippen molar-refractivity contribution in [2.24, 2.45) is 0 Å². The fraction of sp³-hybridized carbons (Fsp3) is 0.400. The van der Waals surface area contributed by atoms with Crippen molar-refractivity contribution in [1.29, 1.82) is 0 Å². The number of carbonyl (C=O) groups excluding carboxylic acids is 1. The monoisotopic (exact) mass is 303 g/mol. The molecule has 0 aromatic carbocycles. The molecule has 0 radical (unpaired) electrons. The summed E-state index contributed by atoms with van der Waals surface area (Å²) < 4.78 is 26.4. The van der Waals surface area contributed by atoms with Gasteiger partial charge in [-0.2, -0.15) is 0 Å². The number of rotatable bonds is 6. The molecule has 9 nitrogen and oxygen atoms in total. The number of nitro groups is 1. The third-order valence-corrected chi connectivity index (χ3v) is 3.18. The van der Waals surface area contributed by atoms with Crippen LogP contribution in [0.1, 0.15) is 10.5 Å². The lowest BCUT2D eigenvalue weighted by atomic mass is 10.3. The molecule has 1 aromatic heterocycles. The number of hydrogen-bond donors (Lipinski definition) is 1. The standard InChI is InChI=1S/C10H13N3O6S/c1-19-10(14)7-3-4-8(13(15)16)9(12-7)11-5-6-20(2,17)18/h3-4H,5-6H2,1-2H3,(H,11,12). The normalized spacial score (nSPS) is 10.9. The summed E-state index contributed by atoms with van der Waals surface area (Å²) in [6.45, 7) is -0.0582. The summed E-state index contributed by atoms with van der Waals surface area (Å²) in [6.07, 6.45) is 1.04. The zero-order chi connectivity index (χ0) is 15.3. The van der Waals surface area contributed by atoms with Crippen molar-refractivity contribution in [2.45, 2.75) is 0 Å². The summed E-state index contributed by atoms with van der Waals surface area (Å²) in [4.78, 5) is 25.2. The molecule has 0 unspecified atom stereocenters. The van der Waals surface area contributed by atoms with Gasteiger partial charge in [0.2, 0.25) is 5.82 Å². The maximum absolute atomic E-state index is 11.3. The Balaban J connectivity index is 3.00. The summed E-state index contributed by atoms with van der Waals surface area (Å²) in [5.74, 6) is -1.14. The summed E-state index contributed by atoms with van der Waals surface area (Å²) in [5.41, 5.74) is -0.467. The topological polar surface area (TPSA) is 128 Å². The van der Waals surface area contributed by atoms with Crippen LogP contribution in [0.15, 0.2) is 12.1 Å². The Kier molecular flexibility index (Phi) is 4.97. The second-order valence-corrected chi connectivity index (χ2v) is 6.13. The average Bonchev–Trinajstić information content (AvgIpc) is 2.35. The number of pyridine rings is 1. The van der Waals surface area contributed by atoms with Crippen molar-refractivity contribution in [3.63, 3.8) is 0 Å². The molecule has 0 spiro atoms. The van der Waals surface area contributed by atoms with Crippen LogP contribution in [0, 0.1) is 10.1 Å². The molecule has 1 rings (SSSR count). The minimum atomic E-state index is -3.21. The molecule has 0 saturated carbocycles. The Morgan fingerprint density at radius 2 is 2.15 bits per heavy atom. The first-order valence-corrected chi connectivity index (χ1v) is 7.46. The fourth-order valence-corrected chi connectivity index (χ4v) is 1.78. The summed E-state index contributed by atoms with van der Waals surface area (Å²) >= 11 is 0. The number of aromatic nitrogens is 1. The van der Waals surface area contributed by atoms with Crippen LogP contribution >= 0.6 is 0 Å². The van der Waals surface area contributed by atoms with Gasteiger partial charge in [0.1, 0.15) is 9.84 Å². The first-order valence-electron chi connectivity index (χ1n) is 5.40. The molecule has 1 heterocycles. The number of anilines is 1. The van der Waals surface area contributed by atoms with Crippen LogP contribution in [-0.4, -0.2) is 50.0 Å². The molecule has 0 aliphatic heterocycles. The first kappa shape index (κ1) is 15.8. The maximum Gasteiger partial charge on any atom is 0.356 e. The van der Waals surface area contributed by atoms with Crippen molar-refractivity contribution < 1.29 is 22.9 Å². The maximum atomic E-state index is 11.3. The van der Waals surface area contributed by atoms with Gasteiger partial charge in [0, 0.05) is 18.9 Å². The number of nitrogens with zero attached hydrogens (tertiary/aromatic N) is 2. The minimum Gasteiger partial charge on any atom is -0.464 e. The molecule has 20 heavy (non-hydrogen) atoms. The van der Waals surface area contributed by atoms with Crippen LogP contribution in [0.5, 0.6) is 0 Å². The molecule has 0 fully saturated rings. The molecule has 0 bridgehead atoms. The summed E-state index contributed by atoms with van der Waals surface area (Å²) in [5, 5.41) is 13.4. The molecular weight excluding hydrogens is 290 g/mol. The number of ether oxygens (including phenoxy) is 1. The van der Waals surface area contributed by atoms with Crippen LogP contribution < -0.4 is 5.32 Å². The van der Waals surface area contributed by atoms with Crippen LogP contribution in [0.2, 0.25) is 0 Å². The van der Waals surface area contributed by atoms with Crippen molar-refractivity contribution in [1.82, 2.24) is 4.98 Å². The van der Waals surface area contributed by atoms with E-state index in [-0.39, 0.29) is 29.5 Å². The number of esters is 1. The lowest BCUT2D eigenvalue weighted by Crippen LogP contribution is -2.16. The van der Waals surface area contributed by atoms with Crippen molar-refractivity contribution >= 4 is 27.3 Å². The van der Waals surface area contributed by atoms with Gasteiger partial charge in [0.15, 0.2) is 5.69 Å². The van der Waals surface area contributed by atoms with Crippen LogP contribution in [0.25, 0.3) is 0 Å². The van der Waals surface area contributed by atoms with Crippen molar-refractivity contribution in [3.05, 3.63) is 27.9 Å². The third kappa shape index (κ3) is 4.46. The predicted molar refractivity (Wildman–Crippen MR) is 70.4 cm³/mol. The molecule has 0 atom stereocenters. The van der Waals surface area contributed by atoms with Gasteiger partial charge in [-0.05, 0) is 6.07 Å². The van der Waals surface area contributed by atoms with E-state index in [0.29, 0.717) is 0 Å². The Hall–Kier alpha value is -2.23. The Bertz CT molecular complexity index is 628. The molecule has 10 heteroatoms. The van der Waals surface area contributed by atoms with Gasteiger partial charge < -0.3 is 10.1 Å². The largest absolute Gasteiger partial charge is 0.464 e. The van der Waals surface area contributed by atoms with E-state index in [1.165, 1.54) is 0 Å². The Morgan fingerprint density at radius 3 is 2.65 bits per heavy atom.